The number of aromatic nitrogens is 3. The van der Waals surface area contributed by atoms with E-state index in [0.717, 1.165) is 31.9 Å². The zero-order chi connectivity index (χ0) is 24.4. The third-order valence-electron chi connectivity index (χ3n) is 5.76. The number of rotatable bonds is 7. The lowest BCUT2D eigenvalue weighted by Gasteiger charge is -2.19. The zero-order valence-corrected chi connectivity index (χ0v) is 19.0. The Hall–Kier alpha value is -2.76. The largest absolute Gasteiger partial charge is 0.387 e. The summed E-state index contributed by atoms with van der Waals surface area (Å²) in [4.78, 5) is 47.9. The first-order valence-electron chi connectivity index (χ1n) is 10.4. The maximum Gasteiger partial charge on any atom is 0.333 e. The summed E-state index contributed by atoms with van der Waals surface area (Å²) in [5.41, 5.74) is 1.90. The summed E-state index contributed by atoms with van der Waals surface area (Å²) in [5, 5.41) is 20.6. The van der Waals surface area contributed by atoms with Crippen LogP contribution in [-0.4, -0.2) is 59.0 Å². The van der Waals surface area contributed by atoms with Crippen molar-refractivity contribution in [2.45, 2.75) is 38.0 Å². The predicted octanol–water partition coefficient (Wildman–Crippen LogP) is 0.276. The number of aliphatic hydroxyl groups is 2. The Bertz CT molecular complexity index is 1260. The molecule has 3 heterocycles. The Morgan fingerprint density at radius 3 is 2.53 bits per heavy atom. The summed E-state index contributed by atoms with van der Waals surface area (Å²) < 4.78 is 12.2. The standard InChI is InChI=1S/C22H24N3O8P/c1-13-15(14-5-3-2-4-6-14)7-9-23-16(13)11-25-18(26)8-10-24(22(25)29)21-20(28)19(27)17(33-21)12-32-34(30)31/h2-10,17,19-21,27-28,30-31H,11-12H2,1H3. The van der Waals surface area contributed by atoms with Crippen LogP contribution in [0.3, 0.4) is 0 Å². The van der Waals surface area contributed by atoms with Crippen LogP contribution in [0.2, 0.25) is 0 Å². The summed E-state index contributed by atoms with van der Waals surface area (Å²) >= 11 is 0. The van der Waals surface area contributed by atoms with Crippen molar-refractivity contribution in [2.75, 3.05) is 6.61 Å². The Balaban J connectivity index is 1.65. The van der Waals surface area contributed by atoms with E-state index in [1.807, 2.05) is 43.3 Å². The molecule has 0 radical (unpaired) electrons. The average molecular weight is 489 g/mol. The average Bonchev–Trinajstić information content (AvgIpc) is 3.10. The van der Waals surface area contributed by atoms with Crippen molar-refractivity contribution in [3.8, 4) is 11.1 Å². The summed E-state index contributed by atoms with van der Waals surface area (Å²) in [7, 11) is -2.68. The lowest BCUT2D eigenvalue weighted by atomic mass is 10.0. The molecule has 0 amide bonds. The number of hydrogen-bond acceptors (Lipinski definition) is 9. The van der Waals surface area contributed by atoms with Gasteiger partial charge in [0.2, 0.25) is 0 Å². The van der Waals surface area contributed by atoms with E-state index in [9.17, 15) is 19.8 Å². The fraction of sp³-hybridized carbons (Fsp3) is 0.318. The molecule has 0 bridgehead atoms. The fourth-order valence-electron chi connectivity index (χ4n) is 3.93. The lowest BCUT2D eigenvalue weighted by molar-refractivity contribution is -0.0531. The van der Waals surface area contributed by atoms with Crippen molar-refractivity contribution >= 4 is 8.60 Å². The predicted molar refractivity (Wildman–Crippen MR) is 122 cm³/mol. The highest BCUT2D eigenvalue weighted by Gasteiger charge is 2.44. The van der Waals surface area contributed by atoms with Crippen molar-refractivity contribution in [1.82, 2.24) is 14.1 Å². The van der Waals surface area contributed by atoms with Gasteiger partial charge in [-0.3, -0.25) is 18.9 Å². The van der Waals surface area contributed by atoms with E-state index >= 15 is 0 Å². The lowest BCUT2D eigenvalue weighted by Crippen LogP contribution is -2.43. The van der Waals surface area contributed by atoms with Crippen LogP contribution in [0.25, 0.3) is 11.1 Å². The monoisotopic (exact) mass is 489 g/mol. The molecule has 4 atom stereocenters. The van der Waals surface area contributed by atoms with E-state index in [2.05, 4.69) is 9.51 Å². The number of ether oxygens (including phenoxy) is 1. The van der Waals surface area contributed by atoms with Crippen LogP contribution in [0.15, 0.2) is 64.4 Å². The van der Waals surface area contributed by atoms with Gasteiger partial charge in [0.15, 0.2) is 6.23 Å². The van der Waals surface area contributed by atoms with Crippen LogP contribution in [0.1, 0.15) is 17.5 Å². The highest BCUT2D eigenvalue weighted by molar-refractivity contribution is 7.39. The minimum Gasteiger partial charge on any atom is -0.387 e. The minimum absolute atomic E-state index is 0.109. The van der Waals surface area contributed by atoms with Crippen molar-refractivity contribution in [3.63, 3.8) is 0 Å². The smallest absolute Gasteiger partial charge is 0.333 e. The molecule has 180 valence electrons. The molecule has 2 aromatic heterocycles. The van der Waals surface area contributed by atoms with Gasteiger partial charge in [0, 0.05) is 18.5 Å². The quantitative estimate of drug-likeness (QED) is 0.342. The number of aliphatic hydroxyl groups excluding tert-OH is 2. The second kappa shape index (κ2) is 10.2. The Kier molecular flexibility index (Phi) is 7.34. The Morgan fingerprint density at radius 1 is 1.09 bits per heavy atom. The van der Waals surface area contributed by atoms with Crippen molar-refractivity contribution in [3.05, 3.63) is 87.0 Å². The molecule has 1 saturated heterocycles. The van der Waals surface area contributed by atoms with E-state index in [1.165, 1.54) is 6.20 Å². The van der Waals surface area contributed by atoms with Crippen LogP contribution in [0, 0.1) is 6.92 Å². The van der Waals surface area contributed by atoms with Crippen LogP contribution in [0.5, 0.6) is 0 Å². The number of nitrogens with zero attached hydrogens (tertiary/aromatic N) is 3. The van der Waals surface area contributed by atoms with Crippen LogP contribution in [-0.2, 0) is 15.8 Å². The van der Waals surface area contributed by atoms with Gasteiger partial charge in [-0.25, -0.2) is 4.79 Å². The number of pyridine rings is 1. The topological polar surface area (TPSA) is 156 Å². The van der Waals surface area contributed by atoms with Crippen molar-refractivity contribution in [1.29, 1.82) is 0 Å². The maximum absolute atomic E-state index is 13.2. The highest BCUT2D eigenvalue weighted by Crippen LogP contribution is 2.32. The molecular weight excluding hydrogens is 465 g/mol. The van der Waals surface area contributed by atoms with Crippen molar-refractivity contribution in [2.24, 2.45) is 0 Å². The van der Waals surface area contributed by atoms with Crippen molar-refractivity contribution < 1.29 is 29.3 Å². The van der Waals surface area contributed by atoms with Gasteiger partial charge in [-0.15, -0.1) is 0 Å². The third kappa shape index (κ3) is 4.86. The molecule has 0 aliphatic carbocycles. The van der Waals surface area contributed by atoms with Crippen LogP contribution in [0.4, 0.5) is 0 Å². The summed E-state index contributed by atoms with van der Waals surface area (Å²) in [5.74, 6) is 0. The zero-order valence-electron chi connectivity index (χ0n) is 18.1. The summed E-state index contributed by atoms with van der Waals surface area (Å²) in [6, 6.07) is 12.7. The van der Waals surface area contributed by atoms with E-state index in [-0.39, 0.29) is 6.54 Å². The van der Waals surface area contributed by atoms with Gasteiger partial charge in [0.25, 0.3) is 5.56 Å². The highest BCUT2D eigenvalue weighted by atomic mass is 31.2. The van der Waals surface area contributed by atoms with Gasteiger partial charge in [-0.2, -0.15) is 0 Å². The van der Waals surface area contributed by atoms with Gasteiger partial charge in [-0.05, 0) is 29.7 Å². The Morgan fingerprint density at radius 2 is 1.82 bits per heavy atom. The van der Waals surface area contributed by atoms with Crippen LogP contribution < -0.4 is 11.2 Å². The molecule has 3 aromatic rings. The first-order valence-corrected chi connectivity index (χ1v) is 11.6. The van der Waals surface area contributed by atoms with E-state index < -0.39 is 51.0 Å². The number of benzene rings is 1. The molecule has 0 saturated carbocycles. The molecule has 1 aliphatic heterocycles. The summed E-state index contributed by atoms with van der Waals surface area (Å²) in [6.07, 6.45) is -2.59. The number of hydrogen-bond donors (Lipinski definition) is 4. The Labute approximate surface area is 195 Å². The van der Waals surface area contributed by atoms with Gasteiger partial charge in [0.1, 0.15) is 18.3 Å². The molecule has 1 aliphatic rings. The second-order valence-electron chi connectivity index (χ2n) is 7.82. The normalized spacial score (nSPS) is 22.4. The third-order valence-corrected chi connectivity index (χ3v) is 6.14. The molecule has 4 rings (SSSR count). The molecule has 12 heteroatoms. The molecule has 1 fully saturated rings. The molecule has 0 spiro atoms. The van der Waals surface area contributed by atoms with Gasteiger partial charge < -0.3 is 29.3 Å². The molecule has 11 nitrogen and oxygen atoms in total. The van der Waals surface area contributed by atoms with Gasteiger partial charge >= 0.3 is 14.3 Å². The first kappa shape index (κ1) is 24.4. The second-order valence-corrected chi connectivity index (χ2v) is 8.58. The fourth-order valence-corrected chi connectivity index (χ4v) is 4.21. The van der Waals surface area contributed by atoms with E-state index in [4.69, 9.17) is 14.5 Å². The molecular formula is C22H24N3O8P. The van der Waals surface area contributed by atoms with Crippen LogP contribution >= 0.6 is 8.60 Å². The van der Waals surface area contributed by atoms with Gasteiger partial charge in [-0.1, -0.05) is 30.3 Å². The van der Waals surface area contributed by atoms with Gasteiger partial charge in [0.05, 0.1) is 18.8 Å². The molecule has 4 N–H and O–H groups in total. The first-order chi connectivity index (χ1) is 16.3. The summed E-state index contributed by atoms with van der Waals surface area (Å²) in [6.45, 7) is 1.35. The molecule has 34 heavy (non-hydrogen) atoms. The maximum atomic E-state index is 13.2. The minimum atomic E-state index is -2.68. The van der Waals surface area contributed by atoms with E-state index in [1.54, 1.807) is 6.20 Å². The molecule has 1 aromatic carbocycles. The SMILES string of the molecule is Cc1c(-c2ccccc2)ccnc1Cn1c(=O)ccn(C2OC(COP(O)O)C(O)C2O)c1=O. The van der Waals surface area contributed by atoms with E-state index in [0.29, 0.717) is 5.69 Å². The molecule has 4 unspecified atom stereocenters.